The molecule has 0 saturated heterocycles. The first-order chi connectivity index (χ1) is 8.45. The lowest BCUT2D eigenvalue weighted by Gasteiger charge is -2.26. The fourth-order valence-corrected chi connectivity index (χ4v) is 2.23. The molecule has 1 aromatic rings. The molecule has 0 unspecified atom stereocenters. The highest BCUT2D eigenvalue weighted by Crippen LogP contribution is 2.27. The van der Waals surface area contributed by atoms with E-state index in [0.29, 0.717) is 6.04 Å². The van der Waals surface area contributed by atoms with Crippen LogP contribution in [0.4, 0.5) is 0 Å². The van der Waals surface area contributed by atoms with Gasteiger partial charge in [0.1, 0.15) is 0 Å². The van der Waals surface area contributed by atoms with E-state index in [9.17, 15) is 0 Å². The summed E-state index contributed by atoms with van der Waals surface area (Å²) in [7, 11) is 0. The van der Waals surface area contributed by atoms with Gasteiger partial charge in [-0.15, -0.1) is 0 Å². The number of benzene rings is 1. The van der Waals surface area contributed by atoms with E-state index < -0.39 is 0 Å². The minimum absolute atomic E-state index is 0.257. The molecule has 1 N–H and O–H groups in total. The lowest BCUT2D eigenvalue weighted by molar-refractivity contribution is 0.441. The fourth-order valence-electron chi connectivity index (χ4n) is 2.23. The van der Waals surface area contributed by atoms with Gasteiger partial charge >= 0.3 is 0 Å². The zero-order chi connectivity index (χ0) is 13.6. The second-order valence-corrected chi connectivity index (χ2v) is 6.19. The van der Waals surface area contributed by atoms with E-state index in [1.807, 2.05) is 0 Å². The van der Waals surface area contributed by atoms with Gasteiger partial charge in [-0.05, 0) is 35.9 Å². The molecule has 0 amide bonds. The van der Waals surface area contributed by atoms with Crippen molar-refractivity contribution in [3.8, 4) is 0 Å². The number of nitrogens with one attached hydrogen (secondary N) is 1. The van der Waals surface area contributed by atoms with Crippen LogP contribution >= 0.6 is 0 Å². The molecule has 0 saturated carbocycles. The molecule has 0 aliphatic carbocycles. The summed E-state index contributed by atoms with van der Waals surface area (Å²) in [4.78, 5) is 0. The Balaban J connectivity index is 2.60. The predicted octanol–water partition coefficient (Wildman–Crippen LogP) is 4.30. The van der Waals surface area contributed by atoms with Crippen molar-refractivity contribution in [1.29, 1.82) is 0 Å². The van der Waals surface area contributed by atoms with E-state index >= 15 is 0 Å². The Labute approximate surface area is 113 Å². The average molecular weight is 247 g/mol. The Morgan fingerprint density at radius 2 is 1.72 bits per heavy atom. The first kappa shape index (κ1) is 15.2. The van der Waals surface area contributed by atoms with Crippen LogP contribution in [-0.4, -0.2) is 12.6 Å². The standard InChI is InChI=1S/C17H29N/c1-6-7-15-8-10-16(11-9-15)17(4,5)12-13-18-14(2)3/h8-11,14,18H,6-7,12-13H2,1-5H3. The Hall–Kier alpha value is -0.820. The summed E-state index contributed by atoms with van der Waals surface area (Å²) < 4.78 is 0. The molecule has 0 atom stereocenters. The SMILES string of the molecule is CCCc1ccc(C(C)(C)CCNC(C)C)cc1. The van der Waals surface area contributed by atoms with Crippen LogP contribution in [0.15, 0.2) is 24.3 Å². The van der Waals surface area contributed by atoms with Crippen molar-refractivity contribution in [3.05, 3.63) is 35.4 Å². The van der Waals surface area contributed by atoms with E-state index in [1.165, 1.54) is 30.4 Å². The van der Waals surface area contributed by atoms with Gasteiger partial charge in [0, 0.05) is 6.04 Å². The Morgan fingerprint density at radius 3 is 2.22 bits per heavy atom. The van der Waals surface area contributed by atoms with Gasteiger partial charge in [-0.2, -0.15) is 0 Å². The third kappa shape index (κ3) is 4.81. The highest BCUT2D eigenvalue weighted by molar-refractivity contribution is 5.28. The molecular weight excluding hydrogens is 218 g/mol. The second-order valence-electron chi connectivity index (χ2n) is 6.19. The lowest BCUT2D eigenvalue weighted by atomic mass is 9.81. The molecular formula is C17H29N. The van der Waals surface area contributed by atoms with Crippen LogP contribution in [-0.2, 0) is 11.8 Å². The first-order valence-corrected chi connectivity index (χ1v) is 7.28. The number of rotatable bonds is 7. The number of hydrogen-bond donors (Lipinski definition) is 1. The highest BCUT2D eigenvalue weighted by atomic mass is 14.9. The molecule has 0 radical (unpaired) electrons. The molecule has 0 aromatic heterocycles. The number of aryl methyl sites for hydroxylation is 1. The molecule has 18 heavy (non-hydrogen) atoms. The van der Waals surface area contributed by atoms with Crippen molar-refractivity contribution in [2.24, 2.45) is 0 Å². The minimum atomic E-state index is 0.257. The third-order valence-electron chi connectivity index (χ3n) is 3.58. The van der Waals surface area contributed by atoms with Gasteiger partial charge in [0.15, 0.2) is 0 Å². The van der Waals surface area contributed by atoms with Crippen LogP contribution in [0.25, 0.3) is 0 Å². The minimum Gasteiger partial charge on any atom is -0.315 e. The monoisotopic (exact) mass is 247 g/mol. The molecule has 0 fully saturated rings. The molecule has 1 rings (SSSR count). The maximum atomic E-state index is 3.50. The van der Waals surface area contributed by atoms with Crippen molar-refractivity contribution in [3.63, 3.8) is 0 Å². The van der Waals surface area contributed by atoms with E-state index in [-0.39, 0.29) is 5.41 Å². The normalized spacial score (nSPS) is 12.1. The quantitative estimate of drug-likeness (QED) is 0.757. The van der Waals surface area contributed by atoms with E-state index in [0.717, 1.165) is 6.54 Å². The molecule has 0 aliphatic heterocycles. The smallest absolute Gasteiger partial charge is 0.00103 e. The van der Waals surface area contributed by atoms with Crippen LogP contribution in [0.3, 0.4) is 0 Å². The molecule has 1 nitrogen and oxygen atoms in total. The molecule has 0 aliphatic rings. The molecule has 0 heterocycles. The largest absolute Gasteiger partial charge is 0.315 e. The Bertz CT molecular complexity index is 335. The topological polar surface area (TPSA) is 12.0 Å². The van der Waals surface area contributed by atoms with Gasteiger partial charge in [-0.1, -0.05) is 65.3 Å². The predicted molar refractivity (Wildman–Crippen MR) is 81.2 cm³/mol. The van der Waals surface area contributed by atoms with Crippen LogP contribution < -0.4 is 5.32 Å². The Kier molecular flexibility index (Phi) is 5.87. The van der Waals surface area contributed by atoms with Crippen LogP contribution in [0.1, 0.15) is 58.6 Å². The maximum absolute atomic E-state index is 3.50. The summed E-state index contributed by atoms with van der Waals surface area (Å²) in [6.45, 7) is 12.4. The van der Waals surface area contributed by atoms with Crippen LogP contribution in [0.2, 0.25) is 0 Å². The zero-order valence-electron chi connectivity index (χ0n) is 12.7. The van der Waals surface area contributed by atoms with E-state index in [2.05, 4.69) is 64.2 Å². The van der Waals surface area contributed by atoms with E-state index in [4.69, 9.17) is 0 Å². The van der Waals surface area contributed by atoms with Gasteiger partial charge in [-0.25, -0.2) is 0 Å². The summed E-state index contributed by atoms with van der Waals surface area (Å²) in [5.41, 5.74) is 3.16. The molecule has 0 spiro atoms. The van der Waals surface area contributed by atoms with Gasteiger partial charge in [0.25, 0.3) is 0 Å². The number of hydrogen-bond acceptors (Lipinski definition) is 1. The van der Waals surface area contributed by atoms with Crippen molar-refractivity contribution >= 4 is 0 Å². The average Bonchev–Trinajstić information content (AvgIpc) is 2.29. The zero-order valence-corrected chi connectivity index (χ0v) is 12.7. The molecule has 0 bridgehead atoms. The van der Waals surface area contributed by atoms with E-state index in [1.54, 1.807) is 0 Å². The van der Waals surface area contributed by atoms with Crippen molar-refractivity contribution in [2.45, 2.75) is 65.3 Å². The van der Waals surface area contributed by atoms with Crippen LogP contribution in [0.5, 0.6) is 0 Å². The van der Waals surface area contributed by atoms with Gasteiger partial charge in [0.2, 0.25) is 0 Å². The maximum Gasteiger partial charge on any atom is 0.00103 e. The van der Waals surface area contributed by atoms with Gasteiger partial charge in [-0.3, -0.25) is 0 Å². The van der Waals surface area contributed by atoms with Crippen molar-refractivity contribution < 1.29 is 0 Å². The molecule has 102 valence electrons. The van der Waals surface area contributed by atoms with Gasteiger partial charge in [0.05, 0.1) is 0 Å². The first-order valence-electron chi connectivity index (χ1n) is 7.28. The summed E-state index contributed by atoms with van der Waals surface area (Å²) in [5, 5.41) is 3.50. The van der Waals surface area contributed by atoms with Crippen molar-refractivity contribution in [1.82, 2.24) is 5.32 Å². The molecule has 1 aromatic carbocycles. The third-order valence-corrected chi connectivity index (χ3v) is 3.58. The fraction of sp³-hybridized carbons (Fsp3) is 0.647. The lowest BCUT2D eigenvalue weighted by Crippen LogP contribution is -2.29. The van der Waals surface area contributed by atoms with Crippen molar-refractivity contribution in [2.75, 3.05) is 6.54 Å². The second kappa shape index (κ2) is 6.94. The van der Waals surface area contributed by atoms with Gasteiger partial charge < -0.3 is 5.32 Å². The highest BCUT2D eigenvalue weighted by Gasteiger charge is 2.19. The summed E-state index contributed by atoms with van der Waals surface area (Å²) >= 11 is 0. The summed E-state index contributed by atoms with van der Waals surface area (Å²) in [6.07, 6.45) is 3.59. The Morgan fingerprint density at radius 1 is 1.11 bits per heavy atom. The summed E-state index contributed by atoms with van der Waals surface area (Å²) in [6, 6.07) is 9.76. The summed E-state index contributed by atoms with van der Waals surface area (Å²) in [5.74, 6) is 0. The molecule has 1 heteroatoms. The van der Waals surface area contributed by atoms with Crippen LogP contribution in [0, 0.1) is 0 Å².